The van der Waals surface area contributed by atoms with Gasteiger partial charge in [-0.05, 0) is 73.9 Å². The molecule has 2 atom stereocenters. The van der Waals surface area contributed by atoms with Crippen LogP contribution in [0.5, 0.6) is 23.0 Å². The summed E-state index contributed by atoms with van der Waals surface area (Å²) in [4.78, 5) is 0. The molecule has 250 valence electrons. The van der Waals surface area contributed by atoms with E-state index < -0.39 is 5.41 Å². The van der Waals surface area contributed by atoms with Gasteiger partial charge in [-0.1, -0.05) is 89.7 Å². The Bertz CT molecular complexity index is 1140. The molecule has 2 unspecified atom stereocenters. The lowest BCUT2D eigenvalue weighted by Gasteiger charge is -2.29. The van der Waals surface area contributed by atoms with E-state index in [1.807, 2.05) is 24.3 Å². The predicted molar refractivity (Wildman–Crippen MR) is 184 cm³/mol. The molecule has 0 bridgehead atoms. The van der Waals surface area contributed by atoms with Crippen molar-refractivity contribution >= 4 is 0 Å². The summed E-state index contributed by atoms with van der Waals surface area (Å²) in [5, 5.41) is 19.5. The van der Waals surface area contributed by atoms with Crippen molar-refractivity contribution in [2.45, 2.75) is 128 Å². The normalized spacial score (nSPS) is 13.3. The summed E-state index contributed by atoms with van der Waals surface area (Å²) >= 11 is 0. The third kappa shape index (κ3) is 12.9. The topological polar surface area (TPSA) is 85.4 Å². The van der Waals surface area contributed by atoms with Crippen molar-refractivity contribution in [1.29, 1.82) is 5.26 Å². The Kier molecular flexibility index (Phi) is 18.8. The van der Waals surface area contributed by atoms with Crippen LogP contribution in [-0.4, -0.2) is 41.5 Å². The minimum absolute atomic E-state index is 0.0968. The van der Waals surface area contributed by atoms with E-state index in [1.54, 1.807) is 35.5 Å². The quantitative estimate of drug-likeness (QED) is 0.0813. The van der Waals surface area contributed by atoms with Crippen molar-refractivity contribution in [1.82, 2.24) is 0 Å². The molecule has 0 aliphatic rings. The highest BCUT2D eigenvalue weighted by atomic mass is 16.5. The highest BCUT2D eigenvalue weighted by Crippen LogP contribution is 2.44. The molecule has 7 nitrogen and oxygen atoms in total. The molecule has 2 rings (SSSR count). The van der Waals surface area contributed by atoms with E-state index in [-0.39, 0.29) is 6.04 Å². The second-order valence-corrected chi connectivity index (χ2v) is 12.1. The summed E-state index contributed by atoms with van der Waals surface area (Å²) in [5.74, 6) is 2.58. The Balaban J connectivity index is 2.10. The van der Waals surface area contributed by atoms with Gasteiger partial charge in [0.1, 0.15) is 5.75 Å². The number of hydrogen-bond donors (Lipinski definition) is 0. The molecule has 0 saturated heterocycles. The van der Waals surface area contributed by atoms with E-state index in [0.717, 1.165) is 62.7 Å². The monoisotopic (exact) mass is 621 g/mol. The van der Waals surface area contributed by atoms with Gasteiger partial charge in [0, 0.05) is 7.05 Å². The van der Waals surface area contributed by atoms with Crippen molar-refractivity contribution in [2.24, 2.45) is 10.2 Å². The van der Waals surface area contributed by atoms with Crippen LogP contribution in [0.25, 0.3) is 0 Å². The Morgan fingerprint density at radius 3 is 1.87 bits per heavy atom. The fourth-order valence-electron chi connectivity index (χ4n) is 6.26. The van der Waals surface area contributed by atoms with Crippen molar-refractivity contribution in [3.05, 3.63) is 47.5 Å². The van der Waals surface area contributed by atoms with Gasteiger partial charge in [-0.3, -0.25) is 0 Å². The maximum atomic E-state index is 10.8. The van der Waals surface area contributed by atoms with E-state index in [1.165, 1.54) is 63.4 Å². The number of azo groups is 1. The van der Waals surface area contributed by atoms with Gasteiger partial charge in [-0.15, -0.1) is 0 Å². The highest BCUT2D eigenvalue weighted by molar-refractivity contribution is 5.56. The van der Waals surface area contributed by atoms with Gasteiger partial charge in [0.15, 0.2) is 11.5 Å². The van der Waals surface area contributed by atoms with Crippen molar-refractivity contribution < 1.29 is 18.9 Å². The maximum absolute atomic E-state index is 10.8. The lowest BCUT2D eigenvalue weighted by Crippen LogP contribution is -2.25. The predicted octanol–water partition coefficient (Wildman–Crippen LogP) is 10.4. The van der Waals surface area contributed by atoms with Crippen LogP contribution in [0.4, 0.5) is 0 Å². The van der Waals surface area contributed by atoms with Crippen molar-refractivity contribution in [3.63, 3.8) is 0 Å². The molecule has 0 saturated carbocycles. The average Bonchev–Trinajstić information content (AvgIpc) is 3.08. The molecule has 0 aromatic heterocycles. The fraction of sp³-hybridized carbons (Fsp3) is 0.658. The molecular weight excluding hydrogens is 562 g/mol. The smallest absolute Gasteiger partial charge is 0.203 e. The molecule has 0 radical (unpaired) electrons. The fourth-order valence-corrected chi connectivity index (χ4v) is 6.26. The number of aryl methyl sites for hydroxylation is 1. The average molecular weight is 622 g/mol. The van der Waals surface area contributed by atoms with Crippen LogP contribution in [-0.2, 0) is 11.8 Å². The van der Waals surface area contributed by atoms with Gasteiger partial charge in [0.2, 0.25) is 5.75 Å². The SMILES string of the molecule is CCCCCCCCCCCCCC(C#N)(CCCC(CCc1cccc(OC)c1)N=NC)c1cc(OC)c(OC)c(OC)c1. The van der Waals surface area contributed by atoms with Crippen molar-refractivity contribution in [2.75, 3.05) is 35.5 Å². The third-order valence-corrected chi connectivity index (χ3v) is 8.96. The van der Waals surface area contributed by atoms with Crippen LogP contribution >= 0.6 is 0 Å². The Morgan fingerprint density at radius 1 is 0.733 bits per heavy atom. The molecular formula is C38H59N3O4. The molecule has 0 amide bonds. The van der Waals surface area contributed by atoms with E-state index in [2.05, 4.69) is 35.4 Å². The second kappa shape index (κ2) is 22.3. The van der Waals surface area contributed by atoms with E-state index >= 15 is 0 Å². The summed E-state index contributed by atoms with van der Waals surface area (Å²) in [5.41, 5.74) is 1.50. The molecule has 2 aromatic rings. The van der Waals surface area contributed by atoms with Gasteiger partial charge in [-0.25, -0.2) is 0 Å². The largest absolute Gasteiger partial charge is 0.497 e. The zero-order valence-electron chi connectivity index (χ0n) is 29.0. The molecule has 0 spiro atoms. The van der Waals surface area contributed by atoms with Crippen molar-refractivity contribution in [3.8, 4) is 29.1 Å². The van der Waals surface area contributed by atoms with Crippen LogP contribution in [0, 0.1) is 11.3 Å². The second-order valence-electron chi connectivity index (χ2n) is 12.1. The number of benzene rings is 2. The molecule has 2 aromatic carbocycles. The summed E-state index contributed by atoms with van der Waals surface area (Å²) in [7, 11) is 8.29. The lowest BCUT2D eigenvalue weighted by atomic mass is 9.73. The van der Waals surface area contributed by atoms with Gasteiger partial charge in [0.25, 0.3) is 0 Å². The summed E-state index contributed by atoms with van der Waals surface area (Å²) < 4.78 is 22.4. The minimum atomic E-state index is -0.660. The Hall–Kier alpha value is -3.27. The Morgan fingerprint density at radius 2 is 1.33 bits per heavy atom. The zero-order valence-corrected chi connectivity index (χ0v) is 29.0. The molecule has 0 fully saturated rings. The number of ether oxygens (including phenoxy) is 4. The minimum Gasteiger partial charge on any atom is -0.497 e. The standard InChI is InChI=1S/C38H59N3O4/c1-7-8-9-10-11-12-13-14-15-16-17-25-38(30-39,32-28-35(43-4)37(45-6)36(29-32)44-5)26-19-21-33(41-40-2)24-23-31-20-18-22-34(27-31)42-3/h18,20,22,27-29,33H,7-17,19,21,23-26H2,1-6H3. The van der Waals surface area contributed by atoms with Crippen LogP contribution < -0.4 is 18.9 Å². The first kappa shape index (κ1) is 37.9. The van der Waals surface area contributed by atoms with Gasteiger partial charge < -0.3 is 18.9 Å². The lowest BCUT2D eigenvalue weighted by molar-refractivity contribution is 0.321. The number of nitriles is 1. The van der Waals surface area contributed by atoms with Crippen LogP contribution in [0.1, 0.15) is 121 Å². The highest BCUT2D eigenvalue weighted by Gasteiger charge is 2.34. The molecule has 0 heterocycles. The molecule has 45 heavy (non-hydrogen) atoms. The van der Waals surface area contributed by atoms with E-state index in [4.69, 9.17) is 18.9 Å². The number of methoxy groups -OCH3 is 4. The third-order valence-electron chi connectivity index (χ3n) is 8.96. The number of nitrogens with zero attached hydrogens (tertiary/aromatic N) is 3. The van der Waals surface area contributed by atoms with Gasteiger partial charge >= 0.3 is 0 Å². The first-order chi connectivity index (χ1) is 22.0. The van der Waals surface area contributed by atoms with Gasteiger partial charge in [-0.2, -0.15) is 15.5 Å². The van der Waals surface area contributed by atoms with Crippen LogP contribution in [0.3, 0.4) is 0 Å². The summed E-state index contributed by atoms with van der Waals surface area (Å²) in [6, 6.07) is 15.0. The summed E-state index contributed by atoms with van der Waals surface area (Å²) in [6.07, 6.45) is 19.1. The van der Waals surface area contributed by atoms with Crippen LogP contribution in [0.2, 0.25) is 0 Å². The number of unbranched alkanes of at least 4 members (excludes halogenated alkanes) is 10. The molecule has 0 aliphatic heterocycles. The zero-order chi connectivity index (χ0) is 32.8. The number of hydrogen-bond acceptors (Lipinski definition) is 7. The molecule has 7 heteroatoms. The van der Waals surface area contributed by atoms with E-state index in [0.29, 0.717) is 17.2 Å². The first-order valence-corrected chi connectivity index (χ1v) is 17.1. The molecule has 0 N–H and O–H groups in total. The van der Waals surface area contributed by atoms with Crippen LogP contribution in [0.15, 0.2) is 46.6 Å². The van der Waals surface area contributed by atoms with E-state index in [9.17, 15) is 5.26 Å². The Labute approximate surface area is 273 Å². The maximum Gasteiger partial charge on any atom is 0.203 e. The molecule has 0 aliphatic carbocycles. The van der Waals surface area contributed by atoms with Gasteiger partial charge in [0.05, 0.1) is 46.0 Å². The first-order valence-electron chi connectivity index (χ1n) is 17.1. The number of rotatable bonds is 25. The summed E-state index contributed by atoms with van der Waals surface area (Å²) in [6.45, 7) is 2.27.